The lowest BCUT2D eigenvalue weighted by molar-refractivity contribution is -0.114. The van der Waals surface area contributed by atoms with Gasteiger partial charge in [0.2, 0.25) is 0 Å². The Morgan fingerprint density at radius 1 is 1.08 bits per heavy atom. The largest absolute Gasteiger partial charge is 0.301 e. The van der Waals surface area contributed by atoms with E-state index in [9.17, 15) is 14.4 Å². The van der Waals surface area contributed by atoms with E-state index in [1.165, 1.54) is 69.9 Å². The number of nitrogens with one attached hydrogen (secondary N) is 1. The molecular formula is C35H53FN2O. The van der Waals surface area contributed by atoms with Crippen LogP contribution in [0.3, 0.4) is 0 Å². The Labute approximate surface area is 239 Å². The number of allylic oxidation sites excluding steroid dienone is 1. The van der Waals surface area contributed by atoms with E-state index in [2.05, 4.69) is 56.9 Å². The van der Waals surface area contributed by atoms with Gasteiger partial charge >= 0.3 is 0 Å². The summed E-state index contributed by atoms with van der Waals surface area (Å²) in [6, 6.07) is 13.8. The van der Waals surface area contributed by atoms with Crippen molar-refractivity contribution in [1.82, 2.24) is 5.32 Å². The zero-order chi connectivity index (χ0) is 29.0. The van der Waals surface area contributed by atoms with E-state index in [4.69, 9.17) is 0 Å². The van der Waals surface area contributed by atoms with Crippen molar-refractivity contribution >= 4 is 5.78 Å². The van der Waals surface area contributed by atoms with Crippen molar-refractivity contribution in [3.05, 3.63) is 71.6 Å². The Kier molecular flexibility index (Phi) is 17.7. The van der Waals surface area contributed by atoms with Crippen molar-refractivity contribution < 1.29 is 10.6 Å². The monoisotopic (exact) mass is 536 g/mol. The van der Waals surface area contributed by atoms with Gasteiger partial charge < -0.3 is 10.1 Å². The van der Waals surface area contributed by atoms with Crippen LogP contribution in [0.15, 0.2) is 49.1 Å². The van der Waals surface area contributed by atoms with E-state index in [0.29, 0.717) is 17.9 Å². The predicted octanol–water partition coefficient (Wildman–Crippen LogP) is 9.43. The molecular weight excluding hydrogens is 483 g/mol. The Hall–Kier alpha value is -2.77. The first-order valence-corrected chi connectivity index (χ1v) is 14.9. The number of benzene rings is 2. The molecule has 2 aromatic carbocycles. The van der Waals surface area contributed by atoms with Gasteiger partial charge in [-0.25, -0.2) is 4.39 Å². The number of carbonyl (C=O) groups is 1. The van der Waals surface area contributed by atoms with Crippen molar-refractivity contribution in [2.45, 2.75) is 111 Å². The van der Waals surface area contributed by atoms with E-state index in [1.54, 1.807) is 6.07 Å². The number of rotatable bonds is 12. The standard InChI is InChI=1S/C24H29FN2.C8H16.C3H6O.H2/c1-3-17(2)16-27-23(15-26)13-22-11-10-21(14-24(22)25)20-9-8-18-6-4-5-7-19(18)12-20;1-3-5-7-8-6-4-2;1-3(2)4;/h8-12,14,17,23,27H,3-7,13,16H2,1-2H3;3H,1,4-8H2,2H3;1-2H3;1H/t17-,23-;;;/m0.../s1. The van der Waals surface area contributed by atoms with Gasteiger partial charge in [-0.15, -0.1) is 6.58 Å². The average Bonchev–Trinajstić information content (AvgIpc) is 2.93. The molecule has 0 spiro atoms. The van der Waals surface area contributed by atoms with Crippen molar-refractivity contribution in [3.63, 3.8) is 0 Å². The van der Waals surface area contributed by atoms with Crippen LogP contribution in [0.1, 0.15) is 104 Å². The van der Waals surface area contributed by atoms with Crippen molar-refractivity contribution in [2.24, 2.45) is 5.92 Å². The van der Waals surface area contributed by atoms with Gasteiger partial charge in [-0.3, -0.25) is 0 Å². The normalized spacial score (nSPS) is 13.4. The number of hydrogen-bond acceptors (Lipinski definition) is 3. The summed E-state index contributed by atoms with van der Waals surface area (Å²) in [4.78, 5) is 9.44. The number of nitrogens with zero attached hydrogens (tertiary/aromatic N) is 1. The summed E-state index contributed by atoms with van der Waals surface area (Å²) in [5.41, 5.74) is 5.42. The maximum absolute atomic E-state index is 14.7. The van der Waals surface area contributed by atoms with Gasteiger partial charge in [0.05, 0.1) is 12.1 Å². The van der Waals surface area contributed by atoms with E-state index in [1.807, 2.05) is 18.2 Å². The van der Waals surface area contributed by atoms with E-state index in [-0.39, 0.29) is 19.1 Å². The molecule has 2 aromatic rings. The number of unbranched alkanes of at least 4 members (excludes halogenated alkanes) is 4. The summed E-state index contributed by atoms with van der Waals surface area (Å²) in [5, 5.41) is 12.6. The highest BCUT2D eigenvalue weighted by atomic mass is 19.1. The molecule has 2 atom stereocenters. The maximum Gasteiger partial charge on any atom is 0.127 e. The summed E-state index contributed by atoms with van der Waals surface area (Å²) in [6.07, 6.45) is 14.8. The zero-order valence-corrected chi connectivity index (χ0v) is 25.1. The molecule has 0 fully saturated rings. The molecule has 1 aliphatic rings. The number of hydrogen-bond donors (Lipinski definition) is 1. The maximum atomic E-state index is 14.7. The molecule has 0 saturated carbocycles. The third-order valence-corrected chi connectivity index (χ3v) is 6.99. The quantitative estimate of drug-likeness (QED) is 0.217. The topological polar surface area (TPSA) is 52.9 Å². The Morgan fingerprint density at radius 2 is 1.72 bits per heavy atom. The van der Waals surface area contributed by atoms with Crippen molar-refractivity contribution in [1.29, 1.82) is 5.26 Å². The third-order valence-electron chi connectivity index (χ3n) is 6.99. The number of carbonyl (C=O) groups excluding carboxylic acids is 1. The summed E-state index contributed by atoms with van der Waals surface area (Å²) in [5.74, 6) is 0.452. The Morgan fingerprint density at radius 3 is 2.31 bits per heavy atom. The number of fused-ring (bicyclic) bond motifs is 1. The molecule has 1 aliphatic carbocycles. The Bertz CT molecular complexity index is 1040. The third kappa shape index (κ3) is 14.3. The first kappa shape index (κ1) is 34.3. The van der Waals surface area contributed by atoms with Crippen LogP contribution in [-0.2, 0) is 24.1 Å². The minimum absolute atomic E-state index is 0. The number of halogens is 1. The second-order valence-corrected chi connectivity index (χ2v) is 10.9. The molecule has 3 rings (SSSR count). The molecule has 0 aliphatic heterocycles. The molecule has 1 N–H and O–H groups in total. The summed E-state index contributed by atoms with van der Waals surface area (Å²) in [7, 11) is 0. The molecule has 39 heavy (non-hydrogen) atoms. The van der Waals surface area contributed by atoms with Gasteiger partial charge in [0.25, 0.3) is 0 Å². The van der Waals surface area contributed by atoms with Crippen LogP contribution in [0.2, 0.25) is 0 Å². The van der Waals surface area contributed by atoms with Crippen LogP contribution in [0, 0.1) is 23.1 Å². The molecule has 0 unspecified atom stereocenters. The molecule has 0 aromatic heterocycles. The van der Waals surface area contributed by atoms with Gasteiger partial charge in [0, 0.05) is 7.85 Å². The molecule has 216 valence electrons. The Balaban J connectivity index is 0.000000988. The van der Waals surface area contributed by atoms with Crippen LogP contribution in [0.4, 0.5) is 4.39 Å². The van der Waals surface area contributed by atoms with Gasteiger partial charge in [0.1, 0.15) is 11.6 Å². The molecule has 0 saturated heterocycles. The van der Waals surface area contributed by atoms with Crippen LogP contribution < -0.4 is 5.32 Å². The highest BCUT2D eigenvalue weighted by Gasteiger charge is 2.14. The average molecular weight is 537 g/mol. The van der Waals surface area contributed by atoms with Crippen LogP contribution >= 0.6 is 0 Å². The molecule has 0 radical (unpaired) electrons. The lowest BCUT2D eigenvalue weighted by Crippen LogP contribution is -2.33. The van der Waals surface area contributed by atoms with Gasteiger partial charge in [-0.1, -0.05) is 82.9 Å². The van der Waals surface area contributed by atoms with Gasteiger partial charge in [-0.2, -0.15) is 5.26 Å². The molecule has 4 heteroatoms. The fraction of sp³-hybridized carbons (Fsp3) is 0.543. The second kappa shape index (κ2) is 20.2. The van der Waals surface area contributed by atoms with Gasteiger partial charge in [-0.05, 0) is 98.7 Å². The van der Waals surface area contributed by atoms with Crippen LogP contribution in [0.5, 0.6) is 0 Å². The zero-order valence-electron chi connectivity index (χ0n) is 25.1. The van der Waals surface area contributed by atoms with Crippen molar-refractivity contribution in [3.8, 4) is 17.2 Å². The summed E-state index contributed by atoms with van der Waals surface area (Å²) in [6.45, 7) is 14.0. The number of ketones is 1. The number of Topliss-reactive ketones (excluding diaryl/α,β-unsaturated/α-hetero) is 1. The molecule has 3 nitrogen and oxygen atoms in total. The lowest BCUT2D eigenvalue weighted by atomic mass is 9.89. The summed E-state index contributed by atoms with van der Waals surface area (Å²) < 4.78 is 14.7. The fourth-order valence-corrected chi connectivity index (χ4v) is 4.39. The van der Waals surface area contributed by atoms with Gasteiger partial charge in [0.15, 0.2) is 0 Å². The molecule has 0 heterocycles. The van der Waals surface area contributed by atoms with E-state index >= 15 is 0 Å². The van der Waals surface area contributed by atoms with E-state index < -0.39 is 0 Å². The molecule has 0 bridgehead atoms. The molecule has 0 amide bonds. The number of aryl methyl sites for hydroxylation is 2. The first-order valence-electron chi connectivity index (χ1n) is 14.9. The lowest BCUT2D eigenvalue weighted by Gasteiger charge is -2.17. The number of nitriles is 1. The predicted molar refractivity (Wildman–Crippen MR) is 166 cm³/mol. The smallest absolute Gasteiger partial charge is 0.127 e. The minimum Gasteiger partial charge on any atom is -0.301 e. The SMILES string of the molecule is C=CCCCCCC.CC(C)=O.CC[C@H](C)CN[C@H](C#N)Cc1ccc(-c2ccc3c(c2)CCCC3)cc1F.[HH]. The van der Waals surface area contributed by atoms with Crippen molar-refractivity contribution in [2.75, 3.05) is 6.54 Å². The minimum atomic E-state index is -0.358. The van der Waals surface area contributed by atoms with Crippen LogP contribution in [0.25, 0.3) is 11.1 Å². The second-order valence-electron chi connectivity index (χ2n) is 10.9. The van der Waals surface area contributed by atoms with E-state index in [0.717, 1.165) is 36.9 Å². The first-order chi connectivity index (χ1) is 18.7. The highest BCUT2D eigenvalue weighted by molar-refractivity contribution is 5.72. The van der Waals surface area contributed by atoms with Crippen LogP contribution in [-0.4, -0.2) is 18.4 Å². The summed E-state index contributed by atoms with van der Waals surface area (Å²) >= 11 is 0. The highest BCUT2D eigenvalue weighted by Crippen LogP contribution is 2.28. The fourth-order valence-electron chi connectivity index (χ4n) is 4.39.